The molecule has 0 amide bonds. The maximum atomic E-state index is 12.8. The summed E-state index contributed by atoms with van der Waals surface area (Å²) in [6.07, 6.45) is 47.9. The highest BCUT2D eigenvalue weighted by Crippen LogP contribution is 2.17. The van der Waals surface area contributed by atoms with Crippen molar-refractivity contribution in [1.29, 1.82) is 0 Å². The summed E-state index contributed by atoms with van der Waals surface area (Å²) in [6.45, 7) is 9.03. The SMILES string of the molecule is CCCCCCCCCCCCCCC(=O)OC[C@@H](COC(=O)CCCCCCCCCCCCCCCC(C)C)OC(=O)CCCCCCCCCCCCCC. The van der Waals surface area contributed by atoms with Crippen LogP contribution in [0.3, 0.4) is 0 Å². The van der Waals surface area contributed by atoms with Gasteiger partial charge < -0.3 is 14.2 Å². The highest BCUT2D eigenvalue weighted by molar-refractivity contribution is 5.71. The van der Waals surface area contributed by atoms with Gasteiger partial charge in [0.05, 0.1) is 0 Å². The van der Waals surface area contributed by atoms with E-state index in [-0.39, 0.29) is 31.1 Å². The Labute approximate surface area is 361 Å². The zero-order valence-electron chi connectivity index (χ0n) is 39.5. The second-order valence-corrected chi connectivity index (χ2v) is 18.3. The summed E-state index contributed by atoms with van der Waals surface area (Å²) in [7, 11) is 0. The lowest BCUT2D eigenvalue weighted by atomic mass is 10.0. The first-order valence-electron chi connectivity index (χ1n) is 25.9. The fourth-order valence-electron chi connectivity index (χ4n) is 7.86. The summed E-state index contributed by atoms with van der Waals surface area (Å²) in [4.78, 5) is 37.9. The Morgan fingerprint density at radius 1 is 0.328 bits per heavy atom. The average Bonchev–Trinajstić information content (AvgIpc) is 3.21. The summed E-state index contributed by atoms with van der Waals surface area (Å²) in [5, 5.41) is 0. The Morgan fingerprint density at radius 3 is 0.845 bits per heavy atom. The molecular formula is C52H100O6. The largest absolute Gasteiger partial charge is 0.462 e. The van der Waals surface area contributed by atoms with Gasteiger partial charge in [-0.05, 0) is 25.2 Å². The van der Waals surface area contributed by atoms with E-state index in [0.29, 0.717) is 19.3 Å². The van der Waals surface area contributed by atoms with Crippen molar-refractivity contribution >= 4 is 17.9 Å². The van der Waals surface area contributed by atoms with E-state index in [1.807, 2.05) is 0 Å². The van der Waals surface area contributed by atoms with Gasteiger partial charge in [-0.1, -0.05) is 252 Å². The number of esters is 3. The zero-order valence-corrected chi connectivity index (χ0v) is 39.5. The number of rotatable bonds is 47. The van der Waals surface area contributed by atoms with Crippen LogP contribution >= 0.6 is 0 Å². The second-order valence-electron chi connectivity index (χ2n) is 18.3. The zero-order chi connectivity index (χ0) is 42.4. The molecule has 0 fully saturated rings. The van der Waals surface area contributed by atoms with Crippen molar-refractivity contribution in [2.75, 3.05) is 13.2 Å². The van der Waals surface area contributed by atoms with Crippen molar-refractivity contribution in [3.8, 4) is 0 Å². The van der Waals surface area contributed by atoms with Crippen LogP contribution in [0.15, 0.2) is 0 Å². The number of carbonyl (C=O) groups is 3. The van der Waals surface area contributed by atoms with Gasteiger partial charge in [-0.15, -0.1) is 0 Å². The summed E-state index contributed by atoms with van der Waals surface area (Å²) in [5.41, 5.74) is 0. The molecule has 0 heterocycles. The van der Waals surface area contributed by atoms with Gasteiger partial charge in [-0.25, -0.2) is 0 Å². The molecule has 344 valence electrons. The van der Waals surface area contributed by atoms with Gasteiger partial charge in [0.2, 0.25) is 0 Å². The number of carbonyl (C=O) groups excluding carboxylic acids is 3. The third-order valence-corrected chi connectivity index (χ3v) is 11.8. The summed E-state index contributed by atoms with van der Waals surface area (Å²) in [6, 6.07) is 0. The third-order valence-electron chi connectivity index (χ3n) is 11.8. The summed E-state index contributed by atoms with van der Waals surface area (Å²) >= 11 is 0. The van der Waals surface area contributed by atoms with Gasteiger partial charge in [-0.2, -0.15) is 0 Å². The van der Waals surface area contributed by atoms with E-state index in [1.54, 1.807) is 0 Å². The van der Waals surface area contributed by atoms with E-state index in [0.717, 1.165) is 63.7 Å². The Kier molecular flexibility index (Phi) is 45.2. The maximum absolute atomic E-state index is 12.8. The van der Waals surface area contributed by atoms with Gasteiger partial charge in [0, 0.05) is 19.3 Å². The Hall–Kier alpha value is -1.59. The molecule has 58 heavy (non-hydrogen) atoms. The smallest absolute Gasteiger partial charge is 0.306 e. The topological polar surface area (TPSA) is 78.9 Å². The minimum atomic E-state index is -0.760. The highest BCUT2D eigenvalue weighted by Gasteiger charge is 2.19. The predicted molar refractivity (Wildman–Crippen MR) is 247 cm³/mol. The standard InChI is InChI=1S/C52H100O6/c1-5-7-9-11-13-15-17-23-27-31-35-39-43-50(53)56-46-49(58-52(55)45-41-37-33-29-24-18-16-14-12-10-8-6-2)47-57-51(54)44-40-36-32-28-25-21-19-20-22-26-30-34-38-42-48(3)4/h48-49H,5-47H2,1-4H3/t49-/m0/s1. The lowest BCUT2D eigenvalue weighted by molar-refractivity contribution is -0.167. The van der Waals surface area contributed by atoms with Crippen LogP contribution in [0.2, 0.25) is 0 Å². The quantitative estimate of drug-likeness (QED) is 0.0346. The molecule has 6 heteroatoms. The number of ether oxygens (including phenoxy) is 3. The highest BCUT2D eigenvalue weighted by atomic mass is 16.6. The molecule has 0 bridgehead atoms. The molecule has 0 saturated carbocycles. The van der Waals surface area contributed by atoms with Gasteiger partial charge in [0.15, 0.2) is 6.10 Å². The second kappa shape index (κ2) is 46.5. The van der Waals surface area contributed by atoms with Crippen molar-refractivity contribution in [3.63, 3.8) is 0 Å². The van der Waals surface area contributed by atoms with E-state index in [2.05, 4.69) is 27.7 Å². The van der Waals surface area contributed by atoms with Gasteiger partial charge in [0.1, 0.15) is 13.2 Å². The Morgan fingerprint density at radius 2 is 0.569 bits per heavy atom. The van der Waals surface area contributed by atoms with E-state index < -0.39 is 6.10 Å². The molecule has 0 unspecified atom stereocenters. The average molecular weight is 821 g/mol. The molecule has 6 nitrogen and oxygen atoms in total. The van der Waals surface area contributed by atoms with Crippen molar-refractivity contribution in [2.45, 2.75) is 297 Å². The molecule has 0 aliphatic heterocycles. The first kappa shape index (κ1) is 56.4. The Bertz CT molecular complexity index is 872. The van der Waals surface area contributed by atoms with Crippen molar-refractivity contribution in [2.24, 2.45) is 5.92 Å². The van der Waals surface area contributed by atoms with Crippen LogP contribution in [0, 0.1) is 5.92 Å². The van der Waals surface area contributed by atoms with Crippen LogP contribution < -0.4 is 0 Å². The predicted octanol–water partition coefficient (Wildman–Crippen LogP) is 16.7. The van der Waals surface area contributed by atoms with Gasteiger partial charge >= 0.3 is 17.9 Å². The monoisotopic (exact) mass is 821 g/mol. The van der Waals surface area contributed by atoms with Crippen molar-refractivity contribution < 1.29 is 28.6 Å². The van der Waals surface area contributed by atoms with E-state index >= 15 is 0 Å². The molecule has 0 aliphatic rings. The van der Waals surface area contributed by atoms with Crippen LogP contribution in [0.5, 0.6) is 0 Å². The third kappa shape index (κ3) is 45.5. The van der Waals surface area contributed by atoms with Gasteiger partial charge in [0.25, 0.3) is 0 Å². The van der Waals surface area contributed by atoms with Crippen LogP contribution in [-0.4, -0.2) is 37.2 Å². The molecule has 0 radical (unpaired) electrons. The van der Waals surface area contributed by atoms with Crippen LogP contribution in [-0.2, 0) is 28.6 Å². The molecule has 1 atom stereocenters. The fourth-order valence-corrected chi connectivity index (χ4v) is 7.86. The maximum Gasteiger partial charge on any atom is 0.306 e. The molecule has 0 aromatic heterocycles. The first-order chi connectivity index (χ1) is 28.4. The van der Waals surface area contributed by atoms with Gasteiger partial charge in [-0.3, -0.25) is 14.4 Å². The number of unbranched alkanes of at least 4 members (excludes halogenated alkanes) is 34. The summed E-state index contributed by atoms with van der Waals surface area (Å²) in [5.74, 6) is -0.00439. The molecule has 0 aromatic carbocycles. The van der Waals surface area contributed by atoms with Crippen LogP contribution in [0.4, 0.5) is 0 Å². The number of hydrogen-bond acceptors (Lipinski definition) is 6. The normalized spacial score (nSPS) is 11.9. The molecule has 0 saturated heterocycles. The van der Waals surface area contributed by atoms with Crippen LogP contribution in [0.1, 0.15) is 291 Å². The fraction of sp³-hybridized carbons (Fsp3) is 0.942. The number of hydrogen-bond donors (Lipinski definition) is 0. The lowest BCUT2D eigenvalue weighted by Gasteiger charge is -2.18. The molecular weight excluding hydrogens is 721 g/mol. The van der Waals surface area contributed by atoms with E-state index in [4.69, 9.17) is 14.2 Å². The molecule has 0 aromatic rings. The minimum Gasteiger partial charge on any atom is -0.462 e. The van der Waals surface area contributed by atoms with Crippen molar-refractivity contribution in [1.82, 2.24) is 0 Å². The van der Waals surface area contributed by atoms with E-state index in [1.165, 1.54) is 186 Å². The van der Waals surface area contributed by atoms with Crippen LogP contribution in [0.25, 0.3) is 0 Å². The minimum absolute atomic E-state index is 0.0626. The molecule has 0 rings (SSSR count). The summed E-state index contributed by atoms with van der Waals surface area (Å²) < 4.78 is 16.8. The molecule has 0 spiro atoms. The lowest BCUT2D eigenvalue weighted by Crippen LogP contribution is -2.30. The van der Waals surface area contributed by atoms with E-state index in [9.17, 15) is 14.4 Å². The first-order valence-corrected chi connectivity index (χ1v) is 25.9. The molecule has 0 aliphatic carbocycles. The van der Waals surface area contributed by atoms with Crippen molar-refractivity contribution in [3.05, 3.63) is 0 Å². The molecule has 0 N–H and O–H groups in total. The Balaban J connectivity index is 4.29.